The van der Waals surface area contributed by atoms with Crippen molar-refractivity contribution in [2.24, 2.45) is 7.05 Å². The molecule has 0 atom stereocenters. The Labute approximate surface area is 122 Å². The van der Waals surface area contributed by atoms with Gasteiger partial charge in [-0.15, -0.1) is 0 Å². The van der Waals surface area contributed by atoms with Crippen LogP contribution in [0.3, 0.4) is 0 Å². The first kappa shape index (κ1) is 13.5. The van der Waals surface area contributed by atoms with E-state index in [-0.39, 0.29) is 11.5 Å². The molecule has 0 aliphatic carbocycles. The third-order valence-electron chi connectivity index (χ3n) is 3.34. The number of ether oxygens (including phenoxy) is 1. The molecule has 0 fully saturated rings. The molecule has 0 bridgehead atoms. The van der Waals surface area contributed by atoms with Crippen LogP contribution in [0.2, 0.25) is 0 Å². The molecular formula is C17H17NO3. The minimum atomic E-state index is -0.0332. The zero-order valence-electron chi connectivity index (χ0n) is 12.3. The van der Waals surface area contributed by atoms with Crippen molar-refractivity contribution < 1.29 is 9.15 Å². The van der Waals surface area contributed by atoms with Gasteiger partial charge < -0.3 is 13.7 Å². The molecule has 0 aliphatic heterocycles. The van der Waals surface area contributed by atoms with Crippen LogP contribution in [0.5, 0.6) is 5.75 Å². The first-order chi connectivity index (χ1) is 10.1. The topological polar surface area (TPSA) is 44.4 Å². The van der Waals surface area contributed by atoms with E-state index in [0.717, 1.165) is 5.69 Å². The lowest BCUT2D eigenvalue weighted by atomic mass is 10.1. The van der Waals surface area contributed by atoms with E-state index in [2.05, 4.69) is 0 Å². The maximum atomic E-state index is 12.6. The molecule has 0 saturated carbocycles. The van der Waals surface area contributed by atoms with Gasteiger partial charge in [0.25, 0.3) is 0 Å². The number of aryl methyl sites for hydroxylation is 1. The molecule has 0 spiro atoms. The van der Waals surface area contributed by atoms with Crippen LogP contribution in [0.25, 0.3) is 22.2 Å². The van der Waals surface area contributed by atoms with E-state index in [1.54, 1.807) is 18.2 Å². The van der Waals surface area contributed by atoms with E-state index in [4.69, 9.17) is 9.15 Å². The number of aromatic nitrogens is 1. The molecule has 4 nitrogen and oxygen atoms in total. The highest BCUT2D eigenvalue weighted by Crippen LogP contribution is 2.23. The third kappa shape index (κ3) is 2.44. The predicted molar refractivity (Wildman–Crippen MR) is 82.7 cm³/mol. The summed E-state index contributed by atoms with van der Waals surface area (Å²) in [5.41, 5.74) is 1.91. The highest BCUT2D eigenvalue weighted by Gasteiger charge is 2.12. The van der Waals surface area contributed by atoms with Crippen molar-refractivity contribution in [1.29, 1.82) is 0 Å². The lowest BCUT2D eigenvalue weighted by Gasteiger charge is -2.10. The maximum absolute atomic E-state index is 12.6. The Bertz CT molecular complexity index is 843. The van der Waals surface area contributed by atoms with Gasteiger partial charge in [0.2, 0.25) is 5.43 Å². The number of nitrogens with zero attached hydrogens (tertiary/aromatic N) is 1. The Kier molecular flexibility index (Phi) is 3.29. The summed E-state index contributed by atoms with van der Waals surface area (Å²) in [7, 11) is 1.90. The molecule has 0 amide bonds. The summed E-state index contributed by atoms with van der Waals surface area (Å²) in [5, 5.41) is 0.560. The molecule has 0 radical (unpaired) electrons. The molecule has 2 aromatic heterocycles. The van der Waals surface area contributed by atoms with Crippen molar-refractivity contribution in [3.8, 4) is 17.0 Å². The van der Waals surface area contributed by atoms with Crippen LogP contribution in [0.15, 0.2) is 52.0 Å². The zero-order valence-corrected chi connectivity index (χ0v) is 12.3. The predicted octanol–water partition coefficient (Wildman–Crippen LogP) is 3.59. The van der Waals surface area contributed by atoms with Gasteiger partial charge in [0.15, 0.2) is 0 Å². The fourth-order valence-corrected chi connectivity index (χ4v) is 2.37. The molecule has 21 heavy (non-hydrogen) atoms. The van der Waals surface area contributed by atoms with Gasteiger partial charge in [0.1, 0.15) is 17.6 Å². The number of hydrogen-bond donors (Lipinski definition) is 0. The minimum absolute atomic E-state index is 0.0332. The van der Waals surface area contributed by atoms with Crippen molar-refractivity contribution in [1.82, 2.24) is 4.57 Å². The molecular weight excluding hydrogens is 266 g/mol. The summed E-state index contributed by atoms with van der Waals surface area (Å²) < 4.78 is 13.1. The third-order valence-corrected chi connectivity index (χ3v) is 3.34. The Balaban J connectivity index is 2.14. The van der Waals surface area contributed by atoms with Crippen LogP contribution in [-0.4, -0.2) is 10.7 Å². The Morgan fingerprint density at radius 2 is 2.05 bits per heavy atom. The first-order valence-corrected chi connectivity index (χ1v) is 6.90. The Morgan fingerprint density at radius 1 is 1.24 bits per heavy atom. The highest BCUT2D eigenvalue weighted by molar-refractivity contribution is 5.82. The minimum Gasteiger partial charge on any atom is -0.491 e. The molecule has 0 unspecified atom stereocenters. The van der Waals surface area contributed by atoms with E-state index in [1.807, 2.05) is 43.8 Å². The summed E-state index contributed by atoms with van der Waals surface area (Å²) in [6.45, 7) is 3.91. The average molecular weight is 283 g/mol. The molecule has 0 saturated heterocycles. The quantitative estimate of drug-likeness (QED) is 0.738. The van der Waals surface area contributed by atoms with Crippen LogP contribution < -0.4 is 10.2 Å². The van der Waals surface area contributed by atoms with Crippen molar-refractivity contribution in [3.05, 3.63) is 53.0 Å². The number of benzene rings is 1. The van der Waals surface area contributed by atoms with Gasteiger partial charge in [0, 0.05) is 19.3 Å². The summed E-state index contributed by atoms with van der Waals surface area (Å²) in [4.78, 5) is 12.6. The summed E-state index contributed by atoms with van der Waals surface area (Å²) >= 11 is 0. The molecule has 1 aromatic carbocycles. The molecule has 0 aliphatic rings. The van der Waals surface area contributed by atoms with E-state index in [9.17, 15) is 4.79 Å². The van der Waals surface area contributed by atoms with Crippen molar-refractivity contribution in [2.75, 3.05) is 0 Å². The van der Waals surface area contributed by atoms with Crippen LogP contribution in [0.1, 0.15) is 13.8 Å². The molecule has 0 N–H and O–H groups in total. The van der Waals surface area contributed by atoms with Crippen LogP contribution in [0.4, 0.5) is 0 Å². The van der Waals surface area contributed by atoms with Crippen LogP contribution in [-0.2, 0) is 7.05 Å². The smallest absolute Gasteiger partial charge is 0.202 e. The molecule has 3 aromatic rings. The van der Waals surface area contributed by atoms with Gasteiger partial charge >= 0.3 is 0 Å². The molecule has 108 valence electrons. The Morgan fingerprint density at radius 3 is 2.71 bits per heavy atom. The number of rotatable bonds is 3. The van der Waals surface area contributed by atoms with E-state index >= 15 is 0 Å². The van der Waals surface area contributed by atoms with Crippen molar-refractivity contribution >= 4 is 11.0 Å². The second kappa shape index (κ2) is 5.13. The fourth-order valence-electron chi connectivity index (χ4n) is 2.37. The second-order valence-corrected chi connectivity index (χ2v) is 5.31. The average Bonchev–Trinajstić information content (AvgIpc) is 2.84. The standard InChI is InChI=1S/C17H17NO3/c1-11(2)21-12-6-7-13-16(9-12)20-10-14(17(13)19)15-5-4-8-18(15)3/h4-11H,1-3H3. The van der Waals surface area contributed by atoms with Gasteiger partial charge in [0.05, 0.1) is 22.7 Å². The van der Waals surface area contributed by atoms with E-state index < -0.39 is 0 Å². The van der Waals surface area contributed by atoms with Gasteiger partial charge in [-0.05, 0) is 38.1 Å². The second-order valence-electron chi connectivity index (χ2n) is 5.31. The number of hydrogen-bond acceptors (Lipinski definition) is 3. The monoisotopic (exact) mass is 283 g/mol. The SMILES string of the molecule is CC(C)Oc1ccc2c(=O)c(-c3cccn3C)coc2c1. The zero-order chi connectivity index (χ0) is 15.0. The summed E-state index contributed by atoms with van der Waals surface area (Å²) in [6, 6.07) is 9.11. The van der Waals surface area contributed by atoms with Gasteiger partial charge in [-0.3, -0.25) is 4.79 Å². The van der Waals surface area contributed by atoms with Crippen molar-refractivity contribution in [3.63, 3.8) is 0 Å². The first-order valence-electron chi connectivity index (χ1n) is 6.90. The number of fused-ring (bicyclic) bond motifs is 1. The normalized spacial score (nSPS) is 11.2. The van der Waals surface area contributed by atoms with Crippen molar-refractivity contribution in [2.45, 2.75) is 20.0 Å². The van der Waals surface area contributed by atoms with Gasteiger partial charge in [-0.2, -0.15) is 0 Å². The molecule has 3 rings (SSSR count). The highest BCUT2D eigenvalue weighted by atomic mass is 16.5. The van der Waals surface area contributed by atoms with Gasteiger partial charge in [-0.25, -0.2) is 0 Å². The summed E-state index contributed by atoms with van der Waals surface area (Å²) in [6.07, 6.45) is 3.49. The van der Waals surface area contributed by atoms with Crippen LogP contribution in [0, 0.1) is 0 Å². The molecule has 4 heteroatoms. The lowest BCUT2D eigenvalue weighted by molar-refractivity contribution is 0.242. The summed E-state index contributed by atoms with van der Waals surface area (Å²) in [5.74, 6) is 0.701. The van der Waals surface area contributed by atoms with E-state index in [0.29, 0.717) is 22.3 Å². The largest absolute Gasteiger partial charge is 0.491 e. The lowest BCUT2D eigenvalue weighted by Crippen LogP contribution is -2.08. The Hall–Kier alpha value is -2.49. The van der Waals surface area contributed by atoms with Crippen LogP contribution >= 0.6 is 0 Å². The molecule has 2 heterocycles. The fraction of sp³-hybridized carbons (Fsp3) is 0.235. The maximum Gasteiger partial charge on any atom is 0.202 e. The van der Waals surface area contributed by atoms with E-state index in [1.165, 1.54) is 6.26 Å². The van der Waals surface area contributed by atoms with Gasteiger partial charge in [-0.1, -0.05) is 0 Å².